The van der Waals surface area contributed by atoms with Crippen molar-refractivity contribution in [2.24, 2.45) is 0 Å². The molecular weight excluding hydrogens is 259 g/mol. The molecule has 0 saturated carbocycles. The molecule has 0 spiro atoms. The van der Waals surface area contributed by atoms with Gasteiger partial charge in [0.2, 0.25) is 0 Å². The topological polar surface area (TPSA) is 0 Å². The van der Waals surface area contributed by atoms with Gasteiger partial charge in [0.15, 0.2) is 0 Å². The Bertz CT molecular complexity index is 6.00. The van der Waals surface area contributed by atoms with Crippen molar-refractivity contribution in [1.82, 2.24) is 0 Å². The zero-order valence-corrected chi connectivity index (χ0v) is 6.32. The Morgan fingerprint density at radius 1 is 1.25 bits per heavy atom. The van der Waals surface area contributed by atoms with Crippen LogP contribution >= 0.6 is 19.0 Å². The van der Waals surface area contributed by atoms with Crippen LogP contribution in [-0.4, -0.2) is 0 Å². The molecule has 0 saturated heterocycles. The van der Waals surface area contributed by atoms with Crippen LogP contribution in [0.25, 0.3) is 0 Å². The van der Waals surface area contributed by atoms with E-state index in [9.17, 15) is 0 Å². The molecule has 0 unspecified atom stereocenters. The van der Waals surface area contributed by atoms with Crippen LogP contribution < -0.4 is 0 Å². The van der Waals surface area contributed by atoms with Crippen molar-refractivity contribution < 1.29 is 17.3 Å². The molecule has 0 heterocycles. The standard InChI is InChI=1S/C2H6.Ag.HI/c1-2;;/h1-2H3;;1H/q;+1;/p-1. The molecule has 0 aromatic heterocycles. The SMILES string of the molecule is CC.[Ag][I]. The molecule has 0 aromatic carbocycles. The number of rotatable bonds is 0. The molecule has 0 nitrogen and oxygen atoms in total. The Balaban J connectivity index is 0. The monoisotopic (exact) mass is 264 g/mol. The van der Waals surface area contributed by atoms with E-state index < -0.39 is 0 Å². The summed E-state index contributed by atoms with van der Waals surface area (Å²) in [5, 5.41) is 0. The molecule has 0 amide bonds. The predicted molar refractivity (Wildman–Crippen MR) is 25.4 cm³/mol. The van der Waals surface area contributed by atoms with E-state index in [0.717, 1.165) is 0 Å². The molecule has 0 rings (SSSR count). The van der Waals surface area contributed by atoms with Crippen LogP contribution in [0, 0.1) is 0 Å². The van der Waals surface area contributed by atoms with Gasteiger partial charge in [-0.3, -0.25) is 0 Å². The molecule has 4 heavy (non-hydrogen) atoms. The second-order valence-corrected chi connectivity index (χ2v) is 0. The minimum absolute atomic E-state index is 1.96. The summed E-state index contributed by atoms with van der Waals surface area (Å²) < 4.78 is 0. The molecule has 32 valence electrons. The Labute approximate surface area is 49.8 Å². The van der Waals surface area contributed by atoms with Crippen LogP contribution in [0.5, 0.6) is 0 Å². The average Bonchev–Trinajstić information content (AvgIpc) is 1.50. The summed E-state index contributed by atoms with van der Waals surface area (Å²) in [6, 6.07) is 0. The molecule has 0 aliphatic carbocycles. The number of hydrogen-bond donors (Lipinski definition) is 0. The van der Waals surface area contributed by atoms with Crippen molar-refractivity contribution in [1.29, 1.82) is 0 Å². The molecule has 2 heteroatoms. The molecular formula is C2H6AgI. The van der Waals surface area contributed by atoms with Crippen LogP contribution in [0.3, 0.4) is 0 Å². The molecule has 0 bridgehead atoms. The van der Waals surface area contributed by atoms with Crippen LogP contribution in [0.4, 0.5) is 0 Å². The van der Waals surface area contributed by atoms with Gasteiger partial charge in [-0.25, -0.2) is 0 Å². The van der Waals surface area contributed by atoms with Gasteiger partial charge in [0.1, 0.15) is 0 Å². The van der Waals surface area contributed by atoms with Crippen LogP contribution in [-0.2, 0) is 17.3 Å². The summed E-state index contributed by atoms with van der Waals surface area (Å²) in [5.41, 5.74) is 0. The van der Waals surface area contributed by atoms with Crippen LogP contribution in [0.15, 0.2) is 0 Å². The Kier molecular flexibility index (Phi) is 56.5. The van der Waals surface area contributed by atoms with E-state index in [0.29, 0.717) is 0 Å². The van der Waals surface area contributed by atoms with E-state index in [1.54, 1.807) is 0 Å². The van der Waals surface area contributed by atoms with Gasteiger partial charge < -0.3 is 0 Å². The van der Waals surface area contributed by atoms with Crippen LogP contribution in [0.1, 0.15) is 13.8 Å². The summed E-state index contributed by atoms with van der Waals surface area (Å²) in [5.74, 6) is 0. The van der Waals surface area contributed by atoms with Crippen molar-refractivity contribution in [3.63, 3.8) is 0 Å². The van der Waals surface area contributed by atoms with Crippen molar-refractivity contribution in [3.05, 3.63) is 0 Å². The zero-order valence-electron chi connectivity index (χ0n) is 2.68. The van der Waals surface area contributed by atoms with E-state index in [1.807, 2.05) is 32.9 Å². The van der Waals surface area contributed by atoms with Crippen molar-refractivity contribution in [2.75, 3.05) is 0 Å². The first-order chi connectivity index (χ1) is 2.00. The first-order valence-corrected chi connectivity index (χ1v) is 5.52. The average molecular weight is 265 g/mol. The summed E-state index contributed by atoms with van der Waals surface area (Å²) in [7, 11) is 0. The van der Waals surface area contributed by atoms with E-state index in [4.69, 9.17) is 0 Å². The van der Waals surface area contributed by atoms with Crippen molar-refractivity contribution >= 4 is 19.0 Å². The normalized spacial score (nSPS) is 3.25. The summed E-state index contributed by atoms with van der Waals surface area (Å²) in [6.45, 7) is 4.00. The third kappa shape index (κ3) is 9.80. The number of halogens is 1. The fraction of sp³-hybridized carbons (Fsp3) is 1.00. The molecule has 0 N–H and O–H groups in total. The van der Waals surface area contributed by atoms with Gasteiger partial charge in [-0.15, -0.1) is 0 Å². The molecule has 0 atom stereocenters. The van der Waals surface area contributed by atoms with Crippen molar-refractivity contribution in [3.8, 4) is 0 Å². The molecule has 0 fully saturated rings. The maximum absolute atomic E-state index is 2.92. The van der Waals surface area contributed by atoms with Gasteiger partial charge in [0, 0.05) is 0 Å². The van der Waals surface area contributed by atoms with E-state index in [1.165, 1.54) is 0 Å². The zero-order chi connectivity index (χ0) is 4.00. The van der Waals surface area contributed by atoms with Crippen LogP contribution in [0.2, 0.25) is 0 Å². The van der Waals surface area contributed by atoms with E-state index >= 15 is 0 Å². The van der Waals surface area contributed by atoms with Gasteiger partial charge in [-0.2, -0.15) is 0 Å². The fourth-order valence-electron chi connectivity index (χ4n) is 0. The fourth-order valence-corrected chi connectivity index (χ4v) is 0. The van der Waals surface area contributed by atoms with Crippen molar-refractivity contribution in [2.45, 2.75) is 13.8 Å². The number of hydrogen-bond acceptors (Lipinski definition) is 0. The van der Waals surface area contributed by atoms with Gasteiger partial charge in [0.25, 0.3) is 0 Å². The maximum atomic E-state index is 2.92. The first kappa shape index (κ1) is 9.08. The third-order valence-corrected chi connectivity index (χ3v) is 0. The third-order valence-electron chi connectivity index (χ3n) is 0. The van der Waals surface area contributed by atoms with Gasteiger partial charge >= 0.3 is 36.3 Å². The Hall–Kier alpha value is 1.47. The molecule has 0 aliphatic rings. The Morgan fingerprint density at radius 3 is 1.25 bits per heavy atom. The molecule has 0 radical (unpaired) electrons. The van der Waals surface area contributed by atoms with Gasteiger partial charge in [-0.1, -0.05) is 13.8 Å². The summed E-state index contributed by atoms with van der Waals surface area (Å²) in [4.78, 5) is 0. The predicted octanol–water partition coefficient (Wildman–Crippen LogP) is 1.91. The summed E-state index contributed by atoms with van der Waals surface area (Å²) in [6.07, 6.45) is 0. The van der Waals surface area contributed by atoms with Gasteiger partial charge in [0.05, 0.1) is 0 Å². The Morgan fingerprint density at radius 2 is 1.25 bits per heavy atom. The van der Waals surface area contributed by atoms with Gasteiger partial charge in [-0.05, 0) is 0 Å². The first-order valence-electron chi connectivity index (χ1n) is 1.11. The van der Waals surface area contributed by atoms with E-state index in [2.05, 4.69) is 17.3 Å². The molecule has 0 aliphatic heterocycles. The summed E-state index contributed by atoms with van der Waals surface area (Å²) >= 11 is 4.88. The van der Waals surface area contributed by atoms with E-state index in [-0.39, 0.29) is 0 Å². The second-order valence-electron chi connectivity index (χ2n) is 0. The second kappa shape index (κ2) is 24.9. The minimum atomic E-state index is 1.96. The quantitative estimate of drug-likeness (QED) is 0.463. The molecule has 0 aromatic rings.